The first-order valence-corrected chi connectivity index (χ1v) is 6.44. The molecular weight excluding hydrogens is 272 g/mol. The Hall–Kier alpha value is -1.25. The average molecular weight is 284 g/mol. The molecule has 94 valence electrons. The first-order valence-electron chi connectivity index (χ1n) is 5.53. The van der Waals surface area contributed by atoms with Gasteiger partial charge in [-0.25, -0.2) is 4.39 Å². The molecule has 1 nitrogen and oxygen atoms in total. The molecule has 0 saturated heterocycles. The molecule has 2 aromatic rings. The molecule has 0 saturated carbocycles. The Morgan fingerprint density at radius 3 is 2.50 bits per heavy atom. The lowest BCUT2D eigenvalue weighted by molar-refractivity contribution is 0.626. The van der Waals surface area contributed by atoms with Crippen LogP contribution in [0.4, 0.5) is 10.1 Å². The number of hydrogen-bond acceptors (Lipinski definition) is 1. The van der Waals surface area contributed by atoms with Crippen molar-refractivity contribution in [3.05, 3.63) is 64.4 Å². The molecule has 0 unspecified atom stereocenters. The summed E-state index contributed by atoms with van der Waals surface area (Å²) in [6, 6.07) is 12.5. The van der Waals surface area contributed by atoms with Crippen LogP contribution in [-0.2, 0) is 12.4 Å². The van der Waals surface area contributed by atoms with Crippen LogP contribution in [0.25, 0.3) is 0 Å². The van der Waals surface area contributed by atoms with Gasteiger partial charge in [-0.1, -0.05) is 41.9 Å². The molecule has 0 bridgehead atoms. The molecule has 0 atom stereocenters. The second kappa shape index (κ2) is 6.07. The number of nitrogens with one attached hydrogen (secondary N) is 1. The van der Waals surface area contributed by atoms with E-state index in [9.17, 15) is 4.39 Å². The molecule has 0 heterocycles. The summed E-state index contributed by atoms with van der Waals surface area (Å²) in [7, 11) is 0. The molecule has 0 fully saturated rings. The Balaban J connectivity index is 2.14. The molecule has 0 aliphatic rings. The van der Waals surface area contributed by atoms with E-state index in [1.807, 2.05) is 24.3 Å². The lowest BCUT2D eigenvalue weighted by Gasteiger charge is -2.11. The SMILES string of the molecule is Fc1cccc(CNc2ccccc2CCl)c1Cl. The van der Waals surface area contributed by atoms with Crippen LogP contribution in [0.3, 0.4) is 0 Å². The fourth-order valence-electron chi connectivity index (χ4n) is 1.68. The second-order valence-corrected chi connectivity index (χ2v) is 4.50. The molecule has 2 aromatic carbocycles. The van der Waals surface area contributed by atoms with Gasteiger partial charge in [0.1, 0.15) is 5.82 Å². The van der Waals surface area contributed by atoms with Crippen molar-refractivity contribution >= 4 is 28.9 Å². The summed E-state index contributed by atoms with van der Waals surface area (Å²) in [5.41, 5.74) is 2.67. The Morgan fingerprint density at radius 2 is 1.72 bits per heavy atom. The van der Waals surface area contributed by atoms with E-state index in [-0.39, 0.29) is 5.02 Å². The molecule has 0 aromatic heterocycles. The topological polar surface area (TPSA) is 12.0 Å². The average Bonchev–Trinajstić information content (AvgIpc) is 2.41. The van der Waals surface area contributed by atoms with Crippen molar-refractivity contribution in [2.75, 3.05) is 5.32 Å². The number of para-hydroxylation sites is 1. The van der Waals surface area contributed by atoms with Gasteiger partial charge >= 0.3 is 0 Å². The van der Waals surface area contributed by atoms with Crippen molar-refractivity contribution in [3.8, 4) is 0 Å². The predicted octanol–water partition coefficient (Wildman–Crippen LogP) is 4.83. The van der Waals surface area contributed by atoms with Crippen molar-refractivity contribution < 1.29 is 4.39 Å². The van der Waals surface area contributed by atoms with Crippen LogP contribution in [0.15, 0.2) is 42.5 Å². The van der Waals surface area contributed by atoms with Crippen LogP contribution < -0.4 is 5.32 Å². The van der Waals surface area contributed by atoms with E-state index in [2.05, 4.69) is 5.32 Å². The van der Waals surface area contributed by atoms with Crippen LogP contribution >= 0.6 is 23.2 Å². The highest BCUT2D eigenvalue weighted by Gasteiger charge is 2.06. The zero-order chi connectivity index (χ0) is 13.0. The van der Waals surface area contributed by atoms with E-state index in [0.717, 1.165) is 16.8 Å². The highest BCUT2D eigenvalue weighted by atomic mass is 35.5. The summed E-state index contributed by atoms with van der Waals surface area (Å²) in [5.74, 6) is 0.0293. The van der Waals surface area contributed by atoms with Gasteiger partial charge in [0, 0.05) is 18.1 Å². The van der Waals surface area contributed by atoms with Crippen molar-refractivity contribution in [1.29, 1.82) is 0 Å². The zero-order valence-corrected chi connectivity index (χ0v) is 11.1. The van der Waals surface area contributed by atoms with Gasteiger partial charge in [0.05, 0.1) is 5.02 Å². The lowest BCUT2D eigenvalue weighted by Crippen LogP contribution is -2.02. The first kappa shape index (κ1) is 13.2. The second-order valence-electron chi connectivity index (χ2n) is 3.86. The maximum atomic E-state index is 13.3. The van der Waals surface area contributed by atoms with Crippen molar-refractivity contribution in [1.82, 2.24) is 0 Å². The van der Waals surface area contributed by atoms with E-state index in [1.54, 1.807) is 12.1 Å². The van der Waals surface area contributed by atoms with Gasteiger partial charge in [0.2, 0.25) is 0 Å². The third-order valence-corrected chi connectivity index (χ3v) is 3.37. The van der Waals surface area contributed by atoms with Gasteiger partial charge in [-0.15, -0.1) is 11.6 Å². The van der Waals surface area contributed by atoms with Crippen molar-refractivity contribution in [2.45, 2.75) is 12.4 Å². The van der Waals surface area contributed by atoms with Gasteiger partial charge in [0.15, 0.2) is 0 Å². The number of alkyl halides is 1. The summed E-state index contributed by atoms with van der Waals surface area (Å²) in [6.45, 7) is 0.463. The number of benzene rings is 2. The minimum atomic E-state index is -0.401. The number of hydrogen-bond donors (Lipinski definition) is 1. The van der Waals surface area contributed by atoms with Gasteiger partial charge in [-0.3, -0.25) is 0 Å². The molecule has 0 radical (unpaired) electrons. The summed E-state index contributed by atoms with van der Waals surface area (Å²) in [5, 5.41) is 3.37. The summed E-state index contributed by atoms with van der Waals surface area (Å²) in [6.07, 6.45) is 0. The molecule has 0 amide bonds. The fourth-order valence-corrected chi connectivity index (χ4v) is 2.11. The van der Waals surface area contributed by atoms with Crippen molar-refractivity contribution in [3.63, 3.8) is 0 Å². The smallest absolute Gasteiger partial charge is 0.142 e. The normalized spacial score (nSPS) is 10.4. The third-order valence-electron chi connectivity index (χ3n) is 2.66. The van der Waals surface area contributed by atoms with Crippen LogP contribution in [0.5, 0.6) is 0 Å². The van der Waals surface area contributed by atoms with Gasteiger partial charge in [0.25, 0.3) is 0 Å². The van der Waals surface area contributed by atoms with Crippen molar-refractivity contribution in [2.24, 2.45) is 0 Å². The van der Waals surface area contributed by atoms with Gasteiger partial charge < -0.3 is 5.32 Å². The number of halogens is 3. The quantitative estimate of drug-likeness (QED) is 0.793. The van der Waals surface area contributed by atoms with Gasteiger partial charge in [-0.05, 0) is 23.3 Å². The van der Waals surface area contributed by atoms with Crippen LogP contribution in [0, 0.1) is 5.82 Å². The van der Waals surface area contributed by atoms with Crippen LogP contribution in [0.2, 0.25) is 5.02 Å². The molecular formula is C14H12Cl2FN. The van der Waals surface area contributed by atoms with E-state index in [1.165, 1.54) is 6.07 Å². The Labute approximate surface area is 116 Å². The highest BCUT2D eigenvalue weighted by Crippen LogP contribution is 2.22. The lowest BCUT2D eigenvalue weighted by atomic mass is 10.1. The molecule has 0 aliphatic heterocycles. The minimum Gasteiger partial charge on any atom is -0.381 e. The standard InChI is InChI=1S/C14H12Cl2FN/c15-8-10-4-1-2-7-13(10)18-9-11-5-3-6-12(17)14(11)16/h1-7,18H,8-9H2. The van der Waals surface area contributed by atoms with Crippen LogP contribution in [-0.4, -0.2) is 0 Å². The number of anilines is 1. The Kier molecular flexibility index (Phi) is 4.45. The summed E-state index contributed by atoms with van der Waals surface area (Å²) in [4.78, 5) is 0. The van der Waals surface area contributed by atoms with E-state index >= 15 is 0 Å². The summed E-state index contributed by atoms with van der Waals surface area (Å²) >= 11 is 11.7. The largest absolute Gasteiger partial charge is 0.381 e. The maximum absolute atomic E-state index is 13.3. The molecule has 1 N–H and O–H groups in total. The van der Waals surface area contributed by atoms with Gasteiger partial charge in [-0.2, -0.15) is 0 Å². The third kappa shape index (κ3) is 2.95. The van der Waals surface area contributed by atoms with E-state index in [0.29, 0.717) is 12.4 Å². The Morgan fingerprint density at radius 1 is 1.00 bits per heavy atom. The van der Waals surface area contributed by atoms with Crippen LogP contribution in [0.1, 0.15) is 11.1 Å². The van der Waals surface area contributed by atoms with E-state index in [4.69, 9.17) is 23.2 Å². The maximum Gasteiger partial charge on any atom is 0.142 e. The molecule has 0 aliphatic carbocycles. The zero-order valence-electron chi connectivity index (χ0n) is 9.59. The summed E-state index contributed by atoms with van der Waals surface area (Å²) < 4.78 is 13.3. The molecule has 4 heteroatoms. The number of rotatable bonds is 4. The monoisotopic (exact) mass is 283 g/mol. The highest BCUT2D eigenvalue weighted by molar-refractivity contribution is 6.31. The molecule has 0 spiro atoms. The predicted molar refractivity (Wildman–Crippen MR) is 74.7 cm³/mol. The van der Waals surface area contributed by atoms with E-state index < -0.39 is 5.82 Å². The molecule has 18 heavy (non-hydrogen) atoms. The Bertz CT molecular complexity index is 543. The fraction of sp³-hybridized carbons (Fsp3) is 0.143. The minimum absolute atomic E-state index is 0.161. The first-order chi connectivity index (χ1) is 8.72. The molecule has 2 rings (SSSR count).